The number of rotatable bonds is 4. The summed E-state index contributed by atoms with van der Waals surface area (Å²) in [6.45, 7) is 4.18. The Hall–Kier alpha value is -2.09. The molecule has 2 rings (SSSR count). The molecule has 0 fully saturated rings. The van der Waals surface area contributed by atoms with Crippen LogP contribution in [0.25, 0.3) is 11.1 Å². The van der Waals surface area contributed by atoms with Crippen molar-refractivity contribution in [3.8, 4) is 11.1 Å². The van der Waals surface area contributed by atoms with Crippen molar-refractivity contribution in [2.45, 2.75) is 26.7 Å². The van der Waals surface area contributed by atoms with Crippen molar-refractivity contribution in [1.82, 2.24) is 0 Å². The number of carboxylic acids is 1. The number of carboxylic acid groups (broad SMARTS) is 1. The molecule has 0 unspecified atom stereocenters. The van der Waals surface area contributed by atoms with E-state index in [0.717, 1.165) is 29.5 Å². The molecular weight excluding hydrogens is 236 g/mol. The molecule has 0 atom stereocenters. The van der Waals surface area contributed by atoms with Crippen LogP contribution in [0.3, 0.4) is 0 Å². The Morgan fingerprint density at radius 3 is 2.05 bits per heavy atom. The first-order valence-corrected chi connectivity index (χ1v) is 6.61. The third kappa shape index (κ3) is 2.84. The van der Waals surface area contributed by atoms with Crippen LogP contribution in [0.4, 0.5) is 0 Å². The largest absolute Gasteiger partial charge is 0.478 e. The monoisotopic (exact) mass is 254 g/mol. The van der Waals surface area contributed by atoms with Crippen LogP contribution in [0.2, 0.25) is 0 Å². The molecule has 0 aliphatic rings. The fraction of sp³-hybridized carbons (Fsp3) is 0.235. The molecule has 0 heterocycles. The quantitative estimate of drug-likeness (QED) is 0.888. The molecule has 1 N–H and O–H groups in total. The van der Waals surface area contributed by atoms with Gasteiger partial charge < -0.3 is 5.11 Å². The van der Waals surface area contributed by atoms with Gasteiger partial charge in [-0.05, 0) is 41.2 Å². The van der Waals surface area contributed by atoms with E-state index >= 15 is 0 Å². The number of hydrogen-bond acceptors (Lipinski definition) is 1. The minimum Gasteiger partial charge on any atom is -0.478 e. The summed E-state index contributed by atoms with van der Waals surface area (Å²) < 4.78 is 0. The fourth-order valence-corrected chi connectivity index (χ4v) is 2.16. The minimum absolute atomic E-state index is 0.362. The number of carbonyl (C=O) groups is 1. The molecule has 0 radical (unpaired) electrons. The smallest absolute Gasteiger partial charge is 0.336 e. The highest BCUT2D eigenvalue weighted by molar-refractivity contribution is 5.96. The van der Waals surface area contributed by atoms with Gasteiger partial charge in [-0.15, -0.1) is 0 Å². The second-order valence-corrected chi connectivity index (χ2v) is 4.59. The molecule has 2 aromatic carbocycles. The van der Waals surface area contributed by atoms with Crippen molar-refractivity contribution in [1.29, 1.82) is 0 Å². The maximum absolute atomic E-state index is 11.3. The van der Waals surface area contributed by atoms with E-state index in [0.29, 0.717) is 5.56 Å². The Morgan fingerprint density at radius 2 is 1.53 bits per heavy atom. The summed E-state index contributed by atoms with van der Waals surface area (Å²) in [5, 5.41) is 9.29. The first-order valence-electron chi connectivity index (χ1n) is 6.61. The van der Waals surface area contributed by atoms with E-state index in [9.17, 15) is 9.90 Å². The predicted molar refractivity (Wildman–Crippen MR) is 77.6 cm³/mol. The Balaban J connectivity index is 2.54. The van der Waals surface area contributed by atoms with Gasteiger partial charge in [-0.25, -0.2) is 4.79 Å². The van der Waals surface area contributed by atoms with Crippen molar-refractivity contribution < 1.29 is 9.90 Å². The second kappa shape index (κ2) is 5.70. The summed E-state index contributed by atoms with van der Waals surface area (Å²) >= 11 is 0. The number of aromatic carboxylic acids is 1. The average molecular weight is 254 g/mol. The van der Waals surface area contributed by atoms with Crippen molar-refractivity contribution in [2.75, 3.05) is 0 Å². The van der Waals surface area contributed by atoms with Gasteiger partial charge in [-0.1, -0.05) is 50.2 Å². The zero-order valence-electron chi connectivity index (χ0n) is 11.3. The summed E-state index contributed by atoms with van der Waals surface area (Å²) in [5.41, 5.74) is 4.53. The highest BCUT2D eigenvalue weighted by atomic mass is 16.4. The lowest BCUT2D eigenvalue weighted by Gasteiger charge is -2.09. The van der Waals surface area contributed by atoms with Gasteiger partial charge in [-0.2, -0.15) is 0 Å². The van der Waals surface area contributed by atoms with Gasteiger partial charge in [0, 0.05) is 0 Å². The molecule has 0 bridgehead atoms. The standard InChI is InChI=1S/C17H18O2/c1-3-12-5-8-14(9-6-12)16-11-13(4-2)7-10-15(16)17(18)19/h5-11H,3-4H2,1-2H3,(H,18,19). The molecule has 0 amide bonds. The lowest BCUT2D eigenvalue weighted by atomic mass is 9.95. The third-order valence-electron chi connectivity index (χ3n) is 3.40. The molecule has 19 heavy (non-hydrogen) atoms. The first kappa shape index (κ1) is 13.3. The van der Waals surface area contributed by atoms with Crippen molar-refractivity contribution >= 4 is 5.97 Å². The molecule has 2 nitrogen and oxygen atoms in total. The van der Waals surface area contributed by atoms with E-state index in [4.69, 9.17) is 0 Å². The fourth-order valence-electron chi connectivity index (χ4n) is 2.16. The maximum Gasteiger partial charge on any atom is 0.336 e. The molecule has 0 aromatic heterocycles. The highest BCUT2D eigenvalue weighted by Gasteiger charge is 2.12. The number of aryl methyl sites for hydroxylation is 2. The van der Waals surface area contributed by atoms with Crippen LogP contribution in [0.1, 0.15) is 35.3 Å². The molecule has 2 heteroatoms. The molecule has 0 saturated heterocycles. The van der Waals surface area contributed by atoms with Crippen LogP contribution in [-0.2, 0) is 12.8 Å². The SMILES string of the molecule is CCc1ccc(-c2cc(CC)ccc2C(=O)O)cc1. The van der Waals surface area contributed by atoms with Gasteiger partial charge in [0.1, 0.15) is 0 Å². The lowest BCUT2D eigenvalue weighted by molar-refractivity contribution is 0.0697. The molecule has 2 aromatic rings. The second-order valence-electron chi connectivity index (χ2n) is 4.59. The molecule has 98 valence electrons. The summed E-state index contributed by atoms with van der Waals surface area (Å²) in [6.07, 6.45) is 1.89. The summed E-state index contributed by atoms with van der Waals surface area (Å²) in [7, 11) is 0. The van der Waals surface area contributed by atoms with Gasteiger partial charge in [-0.3, -0.25) is 0 Å². The molecule has 0 saturated carbocycles. The van der Waals surface area contributed by atoms with E-state index in [1.807, 2.05) is 24.3 Å². The van der Waals surface area contributed by atoms with Crippen LogP contribution >= 0.6 is 0 Å². The highest BCUT2D eigenvalue weighted by Crippen LogP contribution is 2.26. The van der Waals surface area contributed by atoms with Crippen molar-refractivity contribution in [3.63, 3.8) is 0 Å². The third-order valence-corrected chi connectivity index (χ3v) is 3.40. The Kier molecular flexibility index (Phi) is 4.00. The minimum atomic E-state index is -0.878. The van der Waals surface area contributed by atoms with Crippen LogP contribution in [0, 0.1) is 0 Å². The Morgan fingerprint density at radius 1 is 0.947 bits per heavy atom. The van der Waals surface area contributed by atoms with Gasteiger partial charge in [0.15, 0.2) is 0 Å². The van der Waals surface area contributed by atoms with E-state index in [2.05, 4.69) is 26.0 Å². The first-order chi connectivity index (χ1) is 9.15. The predicted octanol–water partition coefficient (Wildman–Crippen LogP) is 4.18. The van der Waals surface area contributed by atoms with Gasteiger partial charge in [0.05, 0.1) is 5.56 Å². The van der Waals surface area contributed by atoms with Gasteiger partial charge in [0.25, 0.3) is 0 Å². The number of benzene rings is 2. The van der Waals surface area contributed by atoms with E-state index in [1.165, 1.54) is 5.56 Å². The van der Waals surface area contributed by atoms with Crippen LogP contribution in [0.15, 0.2) is 42.5 Å². The van der Waals surface area contributed by atoms with Crippen molar-refractivity contribution in [3.05, 3.63) is 59.2 Å². The lowest BCUT2D eigenvalue weighted by Crippen LogP contribution is -2.00. The van der Waals surface area contributed by atoms with Crippen LogP contribution in [-0.4, -0.2) is 11.1 Å². The average Bonchev–Trinajstić information content (AvgIpc) is 2.46. The Labute approximate surface area is 113 Å². The molecular formula is C17H18O2. The maximum atomic E-state index is 11.3. The van der Waals surface area contributed by atoms with E-state index in [-0.39, 0.29) is 0 Å². The summed E-state index contributed by atoms with van der Waals surface area (Å²) in [5.74, 6) is -0.878. The zero-order valence-corrected chi connectivity index (χ0v) is 11.3. The zero-order chi connectivity index (χ0) is 13.8. The van der Waals surface area contributed by atoms with E-state index < -0.39 is 5.97 Å². The molecule has 0 aliphatic carbocycles. The van der Waals surface area contributed by atoms with Crippen LogP contribution < -0.4 is 0 Å². The van der Waals surface area contributed by atoms with Gasteiger partial charge in [0.2, 0.25) is 0 Å². The normalized spacial score (nSPS) is 10.4. The molecule has 0 aliphatic heterocycles. The summed E-state index contributed by atoms with van der Waals surface area (Å²) in [4.78, 5) is 11.3. The Bertz CT molecular complexity index is 583. The van der Waals surface area contributed by atoms with Crippen molar-refractivity contribution in [2.24, 2.45) is 0 Å². The molecule has 0 spiro atoms. The van der Waals surface area contributed by atoms with Gasteiger partial charge >= 0.3 is 5.97 Å². The number of hydrogen-bond donors (Lipinski definition) is 1. The van der Waals surface area contributed by atoms with Crippen LogP contribution in [0.5, 0.6) is 0 Å². The summed E-state index contributed by atoms with van der Waals surface area (Å²) in [6, 6.07) is 13.7. The topological polar surface area (TPSA) is 37.3 Å². The van der Waals surface area contributed by atoms with E-state index in [1.54, 1.807) is 6.07 Å².